The lowest BCUT2D eigenvalue weighted by molar-refractivity contribution is -0.119. The van der Waals surface area contributed by atoms with Crippen molar-refractivity contribution in [2.75, 3.05) is 6.61 Å². The maximum absolute atomic E-state index is 12.0. The summed E-state index contributed by atoms with van der Waals surface area (Å²) in [6.07, 6.45) is 8.31. The van der Waals surface area contributed by atoms with Gasteiger partial charge in [-0.15, -0.1) is 0 Å². The van der Waals surface area contributed by atoms with Crippen LogP contribution in [-0.4, -0.2) is 17.5 Å². The number of carbonyl (C=O) groups is 1. The average molecular weight is 190 g/mol. The molecule has 0 aromatic heterocycles. The minimum absolute atomic E-state index is 0.0970. The molecule has 4 atom stereocenters. The predicted octanol–water partition coefficient (Wildman–Crippen LogP) is 1.32. The normalized spacial score (nSPS) is 43.2. The van der Waals surface area contributed by atoms with Crippen LogP contribution in [0.5, 0.6) is 0 Å². The zero-order valence-corrected chi connectivity index (χ0v) is 8.02. The Bertz CT molecular complexity index is 340. The van der Waals surface area contributed by atoms with E-state index in [1.54, 1.807) is 0 Å². The van der Waals surface area contributed by atoms with Crippen molar-refractivity contribution in [3.63, 3.8) is 0 Å². The summed E-state index contributed by atoms with van der Waals surface area (Å²) in [5, 5.41) is 8.85. The molecule has 0 radical (unpaired) electrons. The van der Waals surface area contributed by atoms with Crippen molar-refractivity contribution in [3.05, 3.63) is 23.8 Å². The van der Waals surface area contributed by atoms with E-state index in [0.29, 0.717) is 30.0 Å². The number of allylic oxidation sites excluding steroid dienone is 3. The fraction of sp³-hybridized carbons (Fsp3) is 0.583. The summed E-state index contributed by atoms with van der Waals surface area (Å²) in [5.41, 5.74) is 0.876. The topological polar surface area (TPSA) is 37.3 Å². The van der Waals surface area contributed by atoms with E-state index in [9.17, 15) is 4.79 Å². The SMILES string of the molecule is O=C1C(CCO)=CC2C3C=CC(C3)C12. The minimum Gasteiger partial charge on any atom is -0.396 e. The third-order valence-electron chi connectivity index (χ3n) is 3.91. The van der Waals surface area contributed by atoms with Gasteiger partial charge in [0.15, 0.2) is 5.78 Å². The first-order valence-electron chi connectivity index (χ1n) is 5.35. The summed E-state index contributed by atoms with van der Waals surface area (Å²) in [5.74, 6) is 2.08. The Labute approximate surface area is 83.3 Å². The van der Waals surface area contributed by atoms with E-state index < -0.39 is 0 Å². The average Bonchev–Trinajstić information content (AvgIpc) is 2.81. The quantitative estimate of drug-likeness (QED) is 0.667. The molecule has 0 spiro atoms. The molecule has 0 heterocycles. The molecule has 0 amide bonds. The van der Waals surface area contributed by atoms with Crippen LogP contribution < -0.4 is 0 Å². The van der Waals surface area contributed by atoms with Crippen LogP contribution in [0, 0.1) is 23.7 Å². The molecular formula is C12H14O2. The standard InChI is InChI=1S/C12H14O2/c13-4-3-9-6-10-7-1-2-8(5-7)11(10)12(9)14/h1-2,6-8,10-11,13H,3-5H2. The molecule has 2 nitrogen and oxygen atoms in total. The van der Waals surface area contributed by atoms with Gasteiger partial charge in [-0.3, -0.25) is 4.79 Å². The monoisotopic (exact) mass is 190 g/mol. The van der Waals surface area contributed by atoms with Crippen molar-refractivity contribution in [3.8, 4) is 0 Å². The molecule has 0 aliphatic heterocycles. The second-order valence-electron chi connectivity index (χ2n) is 4.58. The Hall–Kier alpha value is -0.890. The summed E-state index contributed by atoms with van der Waals surface area (Å²) >= 11 is 0. The summed E-state index contributed by atoms with van der Waals surface area (Å²) in [4.78, 5) is 12.0. The van der Waals surface area contributed by atoms with Crippen molar-refractivity contribution >= 4 is 5.78 Å². The highest BCUT2D eigenvalue weighted by Gasteiger charge is 2.50. The number of carbonyl (C=O) groups excluding carboxylic acids is 1. The lowest BCUT2D eigenvalue weighted by Gasteiger charge is -2.17. The molecular weight excluding hydrogens is 176 g/mol. The number of fused-ring (bicyclic) bond motifs is 5. The van der Waals surface area contributed by atoms with E-state index in [0.717, 1.165) is 5.57 Å². The molecule has 3 aliphatic carbocycles. The molecule has 3 aliphatic rings. The summed E-state index contributed by atoms with van der Waals surface area (Å²) in [6, 6.07) is 0. The molecule has 2 bridgehead atoms. The van der Waals surface area contributed by atoms with Crippen LogP contribution >= 0.6 is 0 Å². The molecule has 1 saturated carbocycles. The van der Waals surface area contributed by atoms with Crippen LogP contribution in [0.15, 0.2) is 23.8 Å². The number of hydrogen-bond donors (Lipinski definition) is 1. The van der Waals surface area contributed by atoms with Gasteiger partial charge in [0.05, 0.1) is 0 Å². The Morgan fingerprint density at radius 3 is 2.86 bits per heavy atom. The highest BCUT2D eigenvalue weighted by molar-refractivity contribution is 6.00. The molecule has 14 heavy (non-hydrogen) atoms. The number of hydrogen-bond acceptors (Lipinski definition) is 2. The number of aliphatic hydroxyl groups is 1. The fourth-order valence-corrected chi connectivity index (χ4v) is 3.31. The molecule has 2 heteroatoms. The van der Waals surface area contributed by atoms with Crippen LogP contribution in [0.2, 0.25) is 0 Å². The first kappa shape index (κ1) is 8.42. The summed E-state index contributed by atoms with van der Waals surface area (Å²) in [6.45, 7) is 0.0970. The first-order chi connectivity index (χ1) is 6.81. The summed E-state index contributed by atoms with van der Waals surface area (Å²) < 4.78 is 0. The van der Waals surface area contributed by atoms with E-state index in [1.807, 2.05) is 0 Å². The Morgan fingerprint density at radius 1 is 1.36 bits per heavy atom. The van der Waals surface area contributed by atoms with Gasteiger partial charge in [-0.05, 0) is 36.2 Å². The molecule has 4 unspecified atom stereocenters. The number of ketones is 1. The molecule has 1 fully saturated rings. The number of aliphatic hydroxyl groups excluding tert-OH is 1. The smallest absolute Gasteiger partial charge is 0.162 e. The second kappa shape index (κ2) is 2.80. The van der Waals surface area contributed by atoms with Gasteiger partial charge in [0, 0.05) is 12.5 Å². The van der Waals surface area contributed by atoms with Crippen molar-refractivity contribution in [2.45, 2.75) is 12.8 Å². The first-order valence-corrected chi connectivity index (χ1v) is 5.35. The maximum atomic E-state index is 12.0. The van der Waals surface area contributed by atoms with E-state index in [-0.39, 0.29) is 12.5 Å². The van der Waals surface area contributed by atoms with Crippen LogP contribution in [-0.2, 0) is 4.79 Å². The Kier molecular flexibility index (Phi) is 1.68. The zero-order valence-electron chi connectivity index (χ0n) is 8.02. The fourth-order valence-electron chi connectivity index (χ4n) is 3.31. The third-order valence-corrected chi connectivity index (χ3v) is 3.91. The highest BCUT2D eigenvalue weighted by Crippen LogP contribution is 2.53. The highest BCUT2D eigenvalue weighted by atomic mass is 16.3. The maximum Gasteiger partial charge on any atom is 0.162 e. The van der Waals surface area contributed by atoms with Crippen LogP contribution in [0.3, 0.4) is 0 Å². The van der Waals surface area contributed by atoms with Crippen LogP contribution in [0.25, 0.3) is 0 Å². The lowest BCUT2D eigenvalue weighted by atomic mass is 9.85. The van der Waals surface area contributed by atoms with Crippen LogP contribution in [0.4, 0.5) is 0 Å². The Morgan fingerprint density at radius 2 is 2.14 bits per heavy atom. The lowest BCUT2D eigenvalue weighted by Crippen LogP contribution is -2.21. The molecule has 0 aromatic rings. The van der Waals surface area contributed by atoms with Crippen molar-refractivity contribution in [1.29, 1.82) is 0 Å². The molecule has 0 aromatic carbocycles. The van der Waals surface area contributed by atoms with E-state index in [2.05, 4.69) is 18.2 Å². The second-order valence-corrected chi connectivity index (χ2v) is 4.58. The molecule has 0 saturated heterocycles. The zero-order chi connectivity index (χ0) is 9.71. The van der Waals surface area contributed by atoms with Crippen LogP contribution in [0.1, 0.15) is 12.8 Å². The molecule has 3 rings (SSSR count). The van der Waals surface area contributed by atoms with Crippen molar-refractivity contribution < 1.29 is 9.90 Å². The van der Waals surface area contributed by atoms with Gasteiger partial charge in [-0.25, -0.2) is 0 Å². The van der Waals surface area contributed by atoms with Gasteiger partial charge >= 0.3 is 0 Å². The van der Waals surface area contributed by atoms with Crippen molar-refractivity contribution in [1.82, 2.24) is 0 Å². The molecule has 1 N–H and O–H groups in total. The summed E-state index contributed by atoms with van der Waals surface area (Å²) in [7, 11) is 0. The Balaban J connectivity index is 1.90. The van der Waals surface area contributed by atoms with Crippen molar-refractivity contribution in [2.24, 2.45) is 23.7 Å². The third kappa shape index (κ3) is 0.921. The number of rotatable bonds is 2. The minimum atomic E-state index is 0.0970. The van der Waals surface area contributed by atoms with Gasteiger partial charge in [0.25, 0.3) is 0 Å². The van der Waals surface area contributed by atoms with E-state index in [1.165, 1.54) is 6.42 Å². The van der Waals surface area contributed by atoms with Gasteiger partial charge in [-0.1, -0.05) is 18.2 Å². The largest absolute Gasteiger partial charge is 0.396 e. The van der Waals surface area contributed by atoms with Gasteiger partial charge in [0.2, 0.25) is 0 Å². The van der Waals surface area contributed by atoms with E-state index in [4.69, 9.17) is 5.11 Å². The predicted molar refractivity (Wildman–Crippen MR) is 52.5 cm³/mol. The van der Waals surface area contributed by atoms with E-state index >= 15 is 0 Å². The van der Waals surface area contributed by atoms with Gasteiger partial charge < -0.3 is 5.11 Å². The molecule has 74 valence electrons. The number of Topliss-reactive ketones (excluding diaryl/α,β-unsaturated/α-hetero) is 1. The van der Waals surface area contributed by atoms with Gasteiger partial charge in [0.1, 0.15) is 0 Å². The van der Waals surface area contributed by atoms with Gasteiger partial charge in [-0.2, -0.15) is 0 Å².